The first-order valence-corrected chi connectivity index (χ1v) is 12.4. The Labute approximate surface area is 225 Å². The number of H-pyrrole nitrogens is 1. The van der Waals surface area contributed by atoms with E-state index in [0.29, 0.717) is 28.0 Å². The zero-order valence-electron chi connectivity index (χ0n) is 20.4. The van der Waals surface area contributed by atoms with E-state index >= 15 is 0 Å². The van der Waals surface area contributed by atoms with Crippen molar-refractivity contribution in [2.24, 2.45) is 0 Å². The van der Waals surface area contributed by atoms with Gasteiger partial charge in [0.1, 0.15) is 11.9 Å². The summed E-state index contributed by atoms with van der Waals surface area (Å²) in [5.74, 6) is 0.524. The summed E-state index contributed by atoms with van der Waals surface area (Å²) in [6.45, 7) is 4.42. The maximum absolute atomic E-state index is 9.95. The van der Waals surface area contributed by atoms with Crippen LogP contribution in [-0.2, 0) is 6.54 Å². The van der Waals surface area contributed by atoms with Crippen LogP contribution in [0.3, 0.4) is 0 Å². The Hall–Kier alpha value is -3.89. The molecule has 6 nitrogen and oxygen atoms in total. The SMILES string of the molecule is CCO.Cc1ccc2nc(/C(C#N)=C/c3cn(Cc4ccc(Cl)cc4Cl)nc3-c3ccccc3)[nH]c2c1. The van der Waals surface area contributed by atoms with Gasteiger partial charge in [-0.1, -0.05) is 65.7 Å². The van der Waals surface area contributed by atoms with Crippen LogP contribution in [0.25, 0.3) is 33.9 Å². The highest BCUT2D eigenvalue weighted by Gasteiger charge is 2.14. The van der Waals surface area contributed by atoms with Gasteiger partial charge in [-0.2, -0.15) is 10.4 Å². The largest absolute Gasteiger partial charge is 0.397 e. The van der Waals surface area contributed by atoms with Gasteiger partial charge in [0, 0.05) is 34.0 Å². The summed E-state index contributed by atoms with van der Waals surface area (Å²) in [5.41, 5.74) is 6.69. The van der Waals surface area contributed by atoms with E-state index in [4.69, 9.17) is 33.4 Å². The van der Waals surface area contributed by atoms with Gasteiger partial charge in [-0.05, 0) is 55.3 Å². The third kappa shape index (κ3) is 6.28. The topological polar surface area (TPSA) is 90.5 Å². The van der Waals surface area contributed by atoms with Gasteiger partial charge in [-0.15, -0.1) is 0 Å². The molecule has 2 aromatic heterocycles. The fourth-order valence-electron chi connectivity index (χ4n) is 3.83. The van der Waals surface area contributed by atoms with E-state index in [2.05, 4.69) is 16.0 Å². The Kier molecular flexibility index (Phi) is 8.42. The number of hydrogen-bond acceptors (Lipinski definition) is 4. The number of nitrogens with zero attached hydrogens (tertiary/aromatic N) is 4. The second-order valence-corrected chi connectivity index (χ2v) is 9.17. The van der Waals surface area contributed by atoms with E-state index in [-0.39, 0.29) is 6.61 Å². The predicted molar refractivity (Wildman–Crippen MR) is 150 cm³/mol. The second kappa shape index (κ2) is 11.9. The molecule has 0 radical (unpaired) electrons. The number of nitrogens with one attached hydrogen (secondary N) is 1. The summed E-state index contributed by atoms with van der Waals surface area (Å²) in [6, 6.07) is 23.6. The minimum absolute atomic E-state index is 0.250. The van der Waals surface area contributed by atoms with Gasteiger partial charge in [0.2, 0.25) is 0 Å². The van der Waals surface area contributed by atoms with E-state index in [9.17, 15) is 5.26 Å². The Morgan fingerprint density at radius 2 is 1.86 bits per heavy atom. The van der Waals surface area contributed by atoms with Gasteiger partial charge in [0.15, 0.2) is 0 Å². The van der Waals surface area contributed by atoms with Crippen molar-refractivity contribution < 1.29 is 5.11 Å². The number of aliphatic hydroxyl groups is 1. The number of aromatic nitrogens is 4. The molecule has 0 aliphatic heterocycles. The number of fused-ring (bicyclic) bond motifs is 1. The molecular formula is C29H25Cl2N5O. The molecule has 0 spiro atoms. The highest BCUT2D eigenvalue weighted by atomic mass is 35.5. The maximum Gasteiger partial charge on any atom is 0.149 e. The molecule has 0 saturated heterocycles. The van der Waals surface area contributed by atoms with Crippen molar-refractivity contribution in [1.29, 1.82) is 5.26 Å². The summed E-state index contributed by atoms with van der Waals surface area (Å²) < 4.78 is 1.82. The highest BCUT2D eigenvalue weighted by molar-refractivity contribution is 6.35. The van der Waals surface area contributed by atoms with Crippen LogP contribution < -0.4 is 0 Å². The van der Waals surface area contributed by atoms with Crippen LogP contribution in [0.15, 0.2) is 72.9 Å². The molecule has 0 bridgehead atoms. The molecule has 0 aliphatic carbocycles. The smallest absolute Gasteiger partial charge is 0.149 e. The standard InChI is InChI=1S/C27H19Cl2N5.C2H6O/c1-17-7-10-24-25(11-17)32-27(31-24)20(14-30)12-21-16-34(15-19-8-9-22(28)13-23(19)29)33-26(21)18-5-3-2-4-6-18;1-2-3/h2-13,16H,15H2,1H3,(H,31,32);3H,2H2,1H3/b20-12+;. The van der Waals surface area contributed by atoms with Crippen LogP contribution in [0.5, 0.6) is 0 Å². The average Bonchev–Trinajstić information content (AvgIpc) is 3.48. The molecular weight excluding hydrogens is 505 g/mol. The van der Waals surface area contributed by atoms with Gasteiger partial charge in [0.25, 0.3) is 0 Å². The predicted octanol–water partition coefficient (Wildman–Crippen LogP) is 7.15. The van der Waals surface area contributed by atoms with Crippen LogP contribution in [0, 0.1) is 18.3 Å². The third-order valence-corrected chi connectivity index (χ3v) is 6.08. The first-order chi connectivity index (χ1) is 17.9. The Morgan fingerprint density at radius 3 is 2.57 bits per heavy atom. The number of hydrogen-bond donors (Lipinski definition) is 2. The van der Waals surface area contributed by atoms with Gasteiger partial charge in [-0.25, -0.2) is 4.98 Å². The zero-order chi connectivity index (χ0) is 26.4. The zero-order valence-corrected chi connectivity index (χ0v) is 21.9. The van der Waals surface area contributed by atoms with Crippen LogP contribution in [0.2, 0.25) is 10.0 Å². The first kappa shape index (κ1) is 26.2. The fourth-order valence-corrected chi connectivity index (χ4v) is 4.30. The number of aryl methyl sites for hydroxylation is 1. The van der Waals surface area contributed by atoms with Crippen molar-refractivity contribution in [2.45, 2.75) is 20.4 Å². The fraction of sp³-hybridized carbons (Fsp3) is 0.138. The number of allylic oxidation sites excluding steroid dienone is 1. The van der Waals surface area contributed by atoms with Crippen LogP contribution in [-0.4, -0.2) is 31.5 Å². The lowest BCUT2D eigenvalue weighted by atomic mass is 10.1. The van der Waals surface area contributed by atoms with Crippen molar-refractivity contribution >= 4 is 45.9 Å². The van der Waals surface area contributed by atoms with Crippen LogP contribution in [0.1, 0.15) is 29.4 Å². The summed E-state index contributed by atoms with van der Waals surface area (Å²) in [7, 11) is 0. The lowest BCUT2D eigenvalue weighted by molar-refractivity contribution is 0.318. The lowest BCUT2D eigenvalue weighted by Crippen LogP contribution is -2.01. The molecule has 37 heavy (non-hydrogen) atoms. The molecule has 3 aromatic carbocycles. The molecule has 0 fully saturated rings. The molecule has 0 atom stereocenters. The number of rotatable bonds is 5. The number of nitriles is 1. The Balaban J connectivity index is 0.00000102. The molecule has 186 valence electrons. The third-order valence-electron chi connectivity index (χ3n) is 5.50. The monoisotopic (exact) mass is 529 g/mol. The molecule has 2 N–H and O–H groups in total. The van der Waals surface area contributed by atoms with E-state index in [1.165, 1.54) is 0 Å². The molecule has 0 amide bonds. The minimum atomic E-state index is 0.250. The van der Waals surface area contributed by atoms with Crippen molar-refractivity contribution in [3.05, 3.63) is 105 Å². The quantitative estimate of drug-likeness (QED) is 0.236. The van der Waals surface area contributed by atoms with Crippen molar-refractivity contribution in [3.63, 3.8) is 0 Å². The van der Waals surface area contributed by atoms with E-state index < -0.39 is 0 Å². The van der Waals surface area contributed by atoms with Crippen molar-refractivity contribution in [1.82, 2.24) is 19.7 Å². The van der Waals surface area contributed by atoms with Crippen LogP contribution >= 0.6 is 23.2 Å². The van der Waals surface area contributed by atoms with Gasteiger partial charge in [0.05, 0.1) is 28.8 Å². The summed E-state index contributed by atoms with van der Waals surface area (Å²) in [6.07, 6.45) is 3.73. The normalized spacial score (nSPS) is 11.2. The van der Waals surface area contributed by atoms with Gasteiger partial charge in [-0.3, -0.25) is 4.68 Å². The molecule has 0 saturated carbocycles. The minimum Gasteiger partial charge on any atom is -0.397 e. The van der Waals surface area contributed by atoms with Crippen molar-refractivity contribution in [2.75, 3.05) is 6.61 Å². The number of aromatic amines is 1. The second-order valence-electron chi connectivity index (χ2n) is 8.32. The van der Waals surface area contributed by atoms with Gasteiger partial charge < -0.3 is 10.1 Å². The number of halogens is 2. The van der Waals surface area contributed by atoms with E-state index in [0.717, 1.165) is 39.0 Å². The molecule has 5 rings (SSSR count). The molecule has 2 heterocycles. The molecule has 5 aromatic rings. The van der Waals surface area contributed by atoms with Crippen molar-refractivity contribution in [3.8, 4) is 17.3 Å². The lowest BCUT2D eigenvalue weighted by Gasteiger charge is -2.05. The molecule has 8 heteroatoms. The van der Waals surface area contributed by atoms with Crippen LogP contribution in [0.4, 0.5) is 0 Å². The number of imidazole rings is 1. The molecule has 0 aliphatic rings. The summed E-state index contributed by atoms with van der Waals surface area (Å²) in [5, 5.41) is 23.5. The summed E-state index contributed by atoms with van der Waals surface area (Å²) in [4.78, 5) is 7.88. The van der Waals surface area contributed by atoms with Gasteiger partial charge >= 0.3 is 0 Å². The Morgan fingerprint density at radius 1 is 1.11 bits per heavy atom. The number of aliphatic hydroxyl groups excluding tert-OH is 1. The Bertz CT molecular complexity index is 1600. The molecule has 0 unspecified atom stereocenters. The average molecular weight is 530 g/mol. The maximum atomic E-state index is 9.95. The number of benzene rings is 3. The first-order valence-electron chi connectivity index (χ1n) is 11.7. The van der Waals surface area contributed by atoms with E-state index in [1.807, 2.05) is 84.5 Å². The van der Waals surface area contributed by atoms with E-state index in [1.54, 1.807) is 13.0 Å². The highest BCUT2D eigenvalue weighted by Crippen LogP contribution is 2.28. The summed E-state index contributed by atoms with van der Waals surface area (Å²) >= 11 is 12.4.